The van der Waals surface area contributed by atoms with E-state index in [1.165, 1.54) is 19.3 Å². The normalized spacial score (nSPS) is 27.2. The van der Waals surface area contributed by atoms with Crippen LogP contribution < -0.4 is 0 Å². The van der Waals surface area contributed by atoms with E-state index in [9.17, 15) is 9.90 Å². The van der Waals surface area contributed by atoms with E-state index in [1.807, 2.05) is 0 Å². The van der Waals surface area contributed by atoms with E-state index in [-0.39, 0.29) is 12.1 Å². The van der Waals surface area contributed by atoms with Gasteiger partial charge in [0.2, 0.25) is 0 Å². The third-order valence-electron chi connectivity index (χ3n) is 3.98. The molecule has 1 aliphatic carbocycles. The molecule has 3 atom stereocenters. The van der Waals surface area contributed by atoms with Crippen LogP contribution in [0.2, 0.25) is 0 Å². The van der Waals surface area contributed by atoms with Gasteiger partial charge in [-0.1, -0.05) is 39.5 Å². The Morgan fingerprint density at radius 3 is 2.58 bits per heavy atom. The molecule has 1 rings (SSSR count). The average Bonchev–Trinajstić information content (AvgIpc) is 2.35. The van der Waals surface area contributed by atoms with E-state index < -0.39 is 0 Å². The predicted octanol–water partition coefficient (Wildman–Crippen LogP) is 3.69. The molecule has 1 fully saturated rings. The summed E-state index contributed by atoms with van der Waals surface area (Å²) in [6.45, 7) is 4.84. The largest absolute Gasteiger partial charge is 0.465 e. The van der Waals surface area contributed by atoms with Crippen molar-refractivity contribution in [2.75, 3.05) is 6.61 Å². The second kappa shape index (κ2) is 9.35. The van der Waals surface area contributed by atoms with Crippen molar-refractivity contribution in [1.29, 1.82) is 0 Å². The van der Waals surface area contributed by atoms with Gasteiger partial charge in [0.05, 0.1) is 12.7 Å². The first kappa shape index (κ1) is 16.5. The highest BCUT2D eigenvalue weighted by molar-refractivity contribution is 5.69. The Bertz CT molecular complexity index is 242. The van der Waals surface area contributed by atoms with Crippen molar-refractivity contribution in [2.45, 2.75) is 77.7 Å². The number of carbonyl (C=O) groups is 1. The lowest BCUT2D eigenvalue weighted by Gasteiger charge is -2.30. The molecule has 19 heavy (non-hydrogen) atoms. The maximum absolute atomic E-state index is 11.6. The molecule has 0 aromatic rings. The molecule has 0 aliphatic heterocycles. The first-order valence-corrected chi connectivity index (χ1v) is 7.95. The summed E-state index contributed by atoms with van der Waals surface area (Å²) >= 11 is 0. The molecule has 0 radical (unpaired) electrons. The number of aliphatic hydroxyl groups is 1. The van der Waals surface area contributed by atoms with Crippen molar-refractivity contribution >= 4 is 5.97 Å². The molecule has 1 N–H and O–H groups in total. The van der Waals surface area contributed by atoms with E-state index in [1.54, 1.807) is 0 Å². The number of carbonyl (C=O) groups excluding carboxylic acids is 1. The molecular formula is C16H30O3. The van der Waals surface area contributed by atoms with Gasteiger partial charge in [-0.2, -0.15) is 0 Å². The van der Waals surface area contributed by atoms with Crippen LogP contribution in [0.4, 0.5) is 0 Å². The van der Waals surface area contributed by atoms with Crippen LogP contribution in [0.3, 0.4) is 0 Å². The number of hydrogen-bond donors (Lipinski definition) is 1. The van der Waals surface area contributed by atoms with Gasteiger partial charge >= 0.3 is 5.97 Å². The monoisotopic (exact) mass is 270 g/mol. The second-order valence-electron chi connectivity index (χ2n) is 6.18. The minimum atomic E-state index is -0.207. The topological polar surface area (TPSA) is 46.5 Å². The molecule has 0 aromatic carbocycles. The van der Waals surface area contributed by atoms with E-state index in [2.05, 4.69) is 13.8 Å². The van der Waals surface area contributed by atoms with Crippen LogP contribution in [0.15, 0.2) is 0 Å². The molecule has 3 nitrogen and oxygen atoms in total. The second-order valence-corrected chi connectivity index (χ2v) is 6.18. The number of aliphatic hydroxyl groups excluding tert-OH is 1. The van der Waals surface area contributed by atoms with E-state index in [0.29, 0.717) is 24.9 Å². The molecule has 3 heteroatoms. The summed E-state index contributed by atoms with van der Waals surface area (Å²) in [5, 5.41) is 9.70. The van der Waals surface area contributed by atoms with Crippen molar-refractivity contribution in [3.63, 3.8) is 0 Å². The highest BCUT2D eigenvalue weighted by Crippen LogP contribution is 2.29. The highest BCUT2D eigenvalue weighted by Gasteiger charge is 2.25. The van der Waals surface area contributed by atoms with Gasteiger partial charge in [-0.3, -0.25) is 4.79 Å². The van der Waals surface area contributed by atoms with Crippen LogP contribution in [-0.4, -0.2) is 23.8 Å². The van der Waals surface area contributed by atoms with Crippen molar-refractivity contribution in [3.8, 4) is 0 Å². The minimum Gasteiger partial charge on any atom is -0.465 e. The lowest BCUT2D eigenvalue weighted by Crippen LogP contribution is -2.28. The Balaban J connectivity index is 2.06. The maximum Gasteiger partial charge on any atom is 0.305 e. The minimum absolute atomic E-state index is 0.0655. The standard InChI is InChI=1S/C16H30O3/c1-3-4-5-6-7-8-16(18)19-12-14-9-13(2)10-15(17)11-14/h13-15,17H,3-12H2,1-2H3. The molecule has 0 amide bonds. The summed E-state index contributed by atoms with van der Waals surface area (Å²) in [6.07, 6.45) is 8.87. The van der Waals surface area contributed by atoms with Gasteiger partial charge in [0, 0.05) is 6.42 Å². The van der Waals surface area contributed by atoms with Crippen LogP contribution >= 0.6 is 0 Å². The summed E-state index contributed by atoms with van der Waals surface area (Å²) in [5.74, 6) is 0.827. The number of hydrogen-bond acceptors (Lipinski definition) is 3. The Morgan fingerprint density at radius 2 is 1.89 bits per heavy atom. The molecule has 3 unspecified atom stereocenters. The third-order valence-corrected chi connectivity index (χ3v) is 3.98. The fourth-order valence-electron chi connectivity index (χ4n) is 3.00. The molecule has 0 saturated heterocycles. The Hall–Kier alpha value is -0.570. The van der Waals surface area contributed by atoms with E-state index >= 15 is 0 Å². The number of ether oxygens (including phenoxy) is 1. The predicted molar refractivity (Wildman–Crippen MR) is 76.8 cm³/mol. The van der Waals surface area contributed by atoms with Crippen molar-refractivity contribution in [1.82, 2.24) is 0 Å². The van der Waals surface area contributed by atoms with Crippen LogP contribution in [0.25, 0.3) is 0 Å². The van der Waals surface area contributed by atoms with Gasteiger partial charge < -0.3 is 9.84 Å². The zero-order valence-corrected chi connectivity index (χ0v) is 12.6. The maximum atomic E-state index is 11.6. The molecule has 0 heterocycles. The molecule has 0 aromatic heterocycles. The molecule has 0 bridgehead atoms. The van der Waals surface area contributed by atoms with Gasteiger partial charge in [-0.05, 0) is 37.5 Å². The molecule has 0 spiro atoms. The fraction of sp³-hybridized carbons (Fsp3) is 0.938. The molecular weight excluding hydrogens is 240 g/mol. The van der Waals surface area contributed by atoms with Crippen LogP contribution in [0, 0.1) is 11.8 Å². The van der Waals surface area contributed by atoms with Crippen molar-refractivity contribution in [2.24, 2.45) is 11.8 Å². The summed E-state index contributed by atoms with van der Waals surface area (Å²) in [5.41, 5.74) is 0. The van der Waals surface area contributed by atoms with E-state index in [0.717, 1.165) is 32.1 Å². The zero-order chi connectivity index (χ0) is 14.1. The Kier molecular flexibility index (Phi) is 8.11. The summed E-state index contributed by atoms with van der Waals surface area (Å²) in [7, 11) is 0. The SMILES string of the molecule is CCCCCCCC(=O)OCC1CC(C)CC(O)C1. The first-order chi connectivity index (χ1) is 9.11. The van der Waals surface area contributed by atoms with Gasteiger partial charge in [-0.25, -0.2) is 0 Å². The average molecular weight is 270 g/mol. The zero-order valence-electron chi connectivity index (χ0n) is 12.6. The molecule has 1 saturated carbocycles. The first-order valence-electron chi connectivity index (χ1n) is 7.95. The third kappa shape index (κ3) is 7.56. The van der Waals surface area contributed by atoms with Crippen molar-refractivity contribution < 1.29 is 14.6 Å². The Morgan fingerprint density at radius 1 is 1.16 bits per heavy atom. The Labute approximate surface area is 117 Å². The van der Waals surface area contributed by atoms with Gasteiger partial charge in [0.25, 0.3) is 0 Å². The van der Waals surface area contributed by atoms with Gasteiger partial charge in [-0.15, -0.1) is 0 Å². The quantitative estimate of drug-likeness (QED) is 0.540. The molecule has 1 aliphatic rings. The van der Waals surface area contributed by atoms with E-state index in [4.69, 9.17) is 4.74 Å². The number of rotatable bonds is 8. The van der Waals surface area contributed by atoms with Crippen LogP contribution in [-0.2, 0) is 9.53 Å². The molecule has 112 valence electrons. The lowest BCUT2D eigenvalue weighted by molar-refractivity contribution is -0.146. The van der Waals surface area contributed by atoms with Gasteiger partial charge in [0.1, 0.15) is 0 Å². The summed E-state index contributed by atoms with van der Waals surface area (Å²) in [4.78, 5) is 11.6. The number of esters is 1. The summed E-state index contributed by atoms with van der Waals surface area (Å²) in [6, 6.07) is 0. The van der Waals surface area contributed by atoms with Crippen LogP contribution in [0.1, 0.15) is 71.6 Å². The number of unbranched alkanes of at least 4 members (excludes halogenated alkanes) is 4. The van der Waals surface area contributed by atoms with Gasteiger partial charge in [0.15, 0.2) is 0 Å². The van der Waals surface area contributed by atoms with Crippen molar-refractivity contribution in [3.05, 3.63) is 0 Å². The lowest BCUT2D eigenvalue weighted by atomic mass is 9.81. The fourth-order valence-corrected chi connectivity index (χ4v) is 3.00. The summed E-state index contributed by atoms with van der Waals surface area (Å²) < 4.78 is 5.33. The van der Waals surface area contributed by atoms with Crippen LogP contribution in [0.5, 0.6) is 0 Å². The highest BCUT2D eigenvalue weighted by atomic mass is 16.5. The smallest absolute Gasteiger partial charge is 0.305 e.